The van der Waals surface area contributed by atoms with Gasteiger partial charge in [-0.15, -0.1) is 0 Å². The Morgan fingerprint density at radius 1 is 1.50 bits per heavy atom. The normalized spacial score (nSPS) is 13.2. The summed E-state index contributed by atoms with van der Waals surface area (Å²) in [4.78, 5) is 18.8. The molecule has 5 nitrogen and oxygen atoms in total. The summed E-state index contributed by atoms with van der Waals surface area (Å²) in [6, 6.07) is 4.81. The monoisotopic (exact) mass is 239 g/mol. The molecule has 0 saturated carbocycles. The molecule has 3 aromatic rings. The first kappa shape index (κ1) is 11.0. The second kappa shape index (κ2) is 3.71. The fraction of sp³-hybridized carbons (Fsp3) is 0.167. The maximum atomic E-state index is 11.9. The Bertz CT molecular complexity index is 804. The van der Waals surface area contributed by atoms with E-state index in [1.54, 1.807) is 25.1 Å². The van der Waals surface area contributed by atoms with E-state index in [2.05, 4.69) is 9.97 Å². The highest BCUT2D eigenvalue weighted by Gasteiger charge is 2.14. The van der Waals surface area contributed by atoms with Crippen molar-refractivity contribution in [3.63, 3.8) is 0 Å². The summed E-state index contributed by atoms with van der Waals surface area (Å²) >= 11 is 0. The summed E-state index contributed by atoms with van der Waals surface area (Å²) in [6.45, 7) is 1.75. The van der Waals surface area contributed by atoms with Crippen LogP contribution in [0.3, 0.4) is 0 Å². The molecular weight excluding hydrogens is 229 g/mol. The van der Waals surface area contributed by atoms with Gasteiger partial charge in [-0.2, -0.15) is 0 Å². The van der Waals surface area contributed by atoms with Crippen molar-refractivity contribution < 1.29 is 4.42 Å². The van der Waals surface area contributed by atoms with E-state index in [9.17, 15) is 4.79 Å². The first-order valence-corrected chi connectivity index (χ1v) is 5.54. The van der Waals surface area contributed by atoms with Crippen LogP contribution in [0.1, 0.15) is 18.8 Å². The van der Waals surface area contributed by atoms with Gasteiger partial charge in [0, 0.05) is 5.39 Å². The van der Waals surface area contributed by atoms with E-state index >= 15 is 0 Å². The van der Waals surface area contributed by atoms with Crippen LogP contribution < -0.4 is 16.8 Å². The zero-order chi connectivity index (χ0) is 12.9. The van der Waals surface area contributed by atoms with E-state index < -0.39 is 0 Å². The predicted molar refractivity (Wildman–Crippen MR) is 70.1 cm³/mol. The summed E-state index contributed by atoms with van der Waals surface area (Å²) in [6.07, 6.45) is 0. The molecule has 6 heteroatoms. The Labute approximate surface area is 103 Å². The molecule has 18 heavy (non-hydrogen) atoms. The average molecular weight is 239 g/mol. The lowest BCUT2D eigenvalue weighted by atomic mass is 9.95. The summed E-state index contributed by atoms with van der Waals surface area (Å²) < 4.78 is 5.47. The summed E-state index contributed by atoms with van der Waals surface area (Å²) in [5, 5.41) is 0.720. The Hall–Kier alpha value is -2.08. The van der Waals surface area contributed by atoms with E-state index in [1.165, 1.54) is 0 Å². The van der Waals surface area contributed by atoms with Crippen LogP contribution in [0.25, 0.3) is 22.1 Å². The van der Waals surface area contributed by atoms with Crippen LogP contribution in [0.5, 0.6) is 0 Å². The highest BCUT2D eigenvalue weighted by atomic mass is 16.3. The quantitative estimate of drug-likeness (QED) is 0.605. The van der Waals surface area contributed by atoms with Crippen LogP contribution in [-0.4, -0.2) is 17.8 Å². The van der Waals surface area contributed by atoms with Gasteiger partial charge < -0.3 is 15.1 Å². The molecule has 1 aromatic carbocycles. The molecule has 2 aromatic heterocycles. The number of hydrogen-bond acceptors (Lipinski definition) is 4. The summed E-state index contributed by atoms with van der Waals surface area (Å²) in [5.41, 5.74) is 7.26. The minimum absolute atomic E-state index is 0.194. The Balaban J connectivity index is 2.49. The van der Waals surface area contributed by atoms with Gasteiger partial charge in [-0.05, 0) is 13.0 Å². The molecule has 2 heterocycles. The van der Waals surface area contributed by atoms with Gasteiger partial charge in [0.05, 0.1) is 6.04 Å². The molecule has 0 saturated heterocycles. The van der Waals surface area contributed by atoms with Gasteiger partial charge in [-0.25, -0.2) is 4.98 Å². The van der Waals surface area contributed by atoms with Gasteiger partial charge in [0.1, 0.15) is 24.8 Å². The van der Waals surface area contributed by atoms with Crippen molar-refractivity contribution in [2.45, 2.75) is 13.0 Å². The highest BCUT2D eigenvalue weighted by Crippen LogP contribution is 2.24. The number of aromatic nitrogens is 2. The third kappa shape index (κ3) is 1.54. The molecule has 0 aliphatic carbocycles. The third-order valence-electron chi connectivity index (χ3n) is 2.80. The van der Waals surface area contributed by atoms with Crippen molar-refractivity contribution in [1.29, 1.82) is 0 Å². The van der Waals surface area contributed by atoms with Crippen molar-refractivity contribution in [1.82, 2.24) is 9.97 Å². The number of H-pyrrole nitrogens is 1. The number of nitrogens with zero attached hydrogens (tertiary/aromatic N) is 1. The number of furan rings is 1. The number of fused-ring (bicyclic) bond motifs is 3. The number of nitrogens with two attached hydrogens (primary N) is 1. The maximum absolute atomic E-state index is 11.9. The number of rotatable bonds is 1. The molecule has 0 fully saturated rings. The maximum Gasteiger partial charge on any atom is 0.294 e. The Morgan fingerprint density at radius 3 is 3.00 bits per heavy atom. The topological polar surface area (TPSA) is 84.9 Å². The minimum Gasteiger partial charge on any atom is -0.449 e. The molecule has 0 aliphatic rings. The van der Waals surface area contributed by atoms with Gasteiger partial charge in [0.2, 0.25) is 5.58 Å². The minimum atomic E-state index is -0.354. The smallest absolute Gasteiger partial charge is 0.294 e. The standard InChI is InChI=1S/C12H10BN3O2/c1-5(14)11-15-9-7-4-6(13)2-3-8(7)18-10(9)12(17)16-11/h2-5H,14H2,1H3,(H,15,16,17)/t5-/m1/s1. The van der Waals surface area contributed by atoms with E-state index in [-0.39, 0.29) is 17.2 Å². The molecule has 3 rings (SSSR count). The summed E-state index contributed by atoms with van der Waals surface area (Å²) in [7, 11) is 5.73. The lowest BCUT2D eigenvalue weighted by Crippen LogP contribution is -2.17. The van der Waals surface area contributed by atoms with Crippen molar-refractivity contribution in [3.05, 3.63) is 34.4 Å². The van der Waals surface area contributed by atoms with Crippen LogP contribution in [0, 0.1) is 0 Å². The first-order valence-electron chi connectivity index (χ1n) is 5.54. The Kier molecular flexibility index (Phi) is 2.28. The van der Waals surface area contributed by atoms with Gasteiger partial charge in [-0.3, -0.25) is 4.79 Å². The zero-order valence-corrected chi connectivity index (χ0v) is 9.73. The van der Waals surface area contributed by atoms with Gasteiger partial charge in [0.25, 0.3) is 5.56 Å². The van der Waals surface area contributed by atoms with E-state index in [0.29, 0.717) is 22.4 Å². The predicted octanol–water partition coefficient (Wildman–Crippen LogP) is 0.483. The molecule has 0 amide bonds. The van der Waals surface area contributed by atoms with Crippen LogP contribution in [-0.2, 0) is 0 Å². The number of nitrogens with one attached hydrogen (secondary N) is 1. The molecular formula is C12H10BN3O2. The molecule has 3 N–H and O–H groups in total. The second-order valence-corrected chi connectivity index (χ2v) is 4.28. The zero-order valence-electron chi connectivity index (χ0n) is 9.73. The number of benzene rings is 1. The van der Waals surface area contributed by atoms with Crippen LogP contribution in [0.15, 0.2) is 27.4 Å². The molecule has 0 unspecified atom stereocenters. The lowest BCUT2D eigenvalue weighted by Gasteiger charge is -2.02. The highest BCUT2D eigenvalue weighted by molar-refractivity contribution is 6.33. The Morgan fingerprint density at radius 2 is 2.28 bits per heavy atom. The van der Waals surface area contributed by atoms with E-state index in [4.69, 9.17) is 18.0 Å². The van der Waals surface area contributed by atoms with Crippen molar-refractivity contribution in [3.8, 4) is 0 Å². The molecule has 1 atom stereocenters. The molecule has 0 aliphatic heterocycles. The van der Waals surface area contributed by atoms with Gasteiger partial charge >= 0.3 is 0 Å². The fourth-order valence-electron chi connectivity index (χ4n) is 1.90. The lowest BCUT2D eigenvalue weighted by molar-refractivity contribution is 0.655. The molecule has 0 bridgehead atoms. The molecule has 0 spiro atoms. The average Bonchev–Trinajstić information content (AvgIpc) is 2.68. The van der Waals surface area contributed by atoms with Crippen LogP contribution >= 0.6 is 0 Å². The van der Waals surface area contributed by atoms with Crippen LogP contribution in [0.2, 0.25) is 0 Å². The second-order valence-electron chi connectivity index (χ2n) is 4.28. The van der Waals surface area contributed by atoms with E-state index in [0.717, 1.165) is 5.39 Å². The fourth-order valence-corrected chi connectivity index (χ4v) is 1.90. The van der Waals surface area contributed by atoms with Crippen LogP contribution in [0.4, 0.5) is 0 Å². The molecule has 2 radical (unpaired) electrons. The number of hydrogen-bond donors (Lipinski definition) is 2. The van der Waals surface area contributed by atoms with E-state index in [1.807, 2.05) is 0 Å². The summed E-state index contributed by atoms with van der Waals surface area (Å²) in [5.74, 6) is 0.428. The molecule has 88 valence electrons. The third-order valence-corrected chi connectivity index (χ3v) is 2.80. The van der Waals surface area contributed by atoms with Crippen molar-refractivity contribution in [2.75, 3.05) is 0 Å². The SMILES string of the molecule is [B]c1ccc2oc3c(=O)[nH]c([C@@H](C)N)nc3c2c1. The van der Waals surface area contributed by atoms with Gasteiger partial charge in [0.15, 0.2) is 0 Å². The van der Waals surface area contributed by atoms with Crippen molar-refractivity contribution in [2.24, 2.45) is 5.73 Å². The van der Waals surface area contributed by atoms with Gasteiger partial charge in [-0.1, -0.05) is 17.6 Å². The van der Waals surface area contributed by atoms with Crippen molar-refractivity contribution >= 4 is 35.4 Å². The largest absolute Gasteiger partial charge is 0.449 e. The first-order chi connectivity index (χ1) is 8.56. The number of aromatic amines is 1.